The van der Waals surface area contributed by atoms with Crippen molar-refractivity contribution < 1.29 is 20.1 Å². The van der Waals surface area contributed by atoms with Gasteiger partial charge in [-0.2, -0.15) is 0 Å². The second-order valence-electron chi connectivity index (χ2n) is 5.46. The van der Waals surface area contributed by atoms with Gasteiger partial charge in [0.05, 0.1) is 25.2 Å². The fourth-order valence-corrected chi connectivity index (χ4v) is 1.70. The number of nitrogens with one attached hydrogen (secondary N) is 1. The number of aliphatic hydroxyl groups is 3. The monoisotopic (exact) mass is 282 g/mol. The highest BCUT2D eigenvalue weighted by atomic mass is 16.3. The summed E-state index contributed by atoms with van der Waals surface area (Å²) in [5.41, 5.74) is 4.63. The van der Waals surface area contributed by atoms with Gasteiger partial charge in [0.15, 0.2) is 0 Å². The van der Waals surface area contributed by atoms with Crippen molar-refractivity contribution in [2.24, 2.45) is 0 Å². The van der Waals surface area contributed by atoms with Crippen molar-refractivity contribution in [3.05, 3.63) is 29.8 Å². The van der Waals surface area contributed by atoms with E-state index >= 15 is 0 Å². The maximum Gasteiger partial charge on any atom is 0.230 e. The third kappa shape index (κ3) is 3.27. The Bertz CT molecular complexity index is 444. The lowest BCUT2D eigenvalue weighted by Gasteiger charge is -2.33. The lowest BCUT2D eigenvalue weighted by atomic mass is 9.82. The van der Waals surface area contributed by atoms with E-state index in [0.717, 1.165) is 5.56 Å². The van der Waals surface area contributed by atoms with Gasteiger partial charge in [-0.15, -0.1) is 0 Å². The summed E-state index contributed by atoms with van der Waals surface area (Å²) in [7, 11) is 0. The molecule has 1 aromatic carbocycles. The molecule has 6 heteroatoms. The molecular formula is C14H22N2O4. The van der Waals surface area contributed by atoms with Crippen LogP contribution in [0.2, 0.25) is 0 Å². The lowest BCUT2D eigenvalue weighted by molar-refractivity contribution is -0.130. The summed E-state index contributed by atoms with van der Waals surface area (Å²) in [5.74, 6) is -0.403. The second kappa shape index (κ2) is 6.21. The summed E-state index contributed by atoms with van der Waals surface area (Å²) in [4.78, 5) is 12.4. The summed E-state index contributed by atoms with van der Waals surface area (Å²) in [6, 6.07) is 6.88. The Morgan fingerprint density at radius 2 is 1.55 bits per heavy atom. The van der Waals surface area contributed by atoms with Gasteiger partial charge in [-0.3, -0.25) is 4.79 Å². The highest BCUT2D eigenvalue weighted by molar-refractivity contribution is 5.88. The first-order valence-electron chi connectivity index (χ1n) is 6.32. The molecule has 0 aliphatic carbocycles. The predicted molar refractivity (Wildman–Crippen MR) is 76.0 cm³/mol. The smallest absolute Gasteiger partial charge is 0.230 e. The van der Waals surface area contributed by atoms with Crippen LogP contribution in [0.3, 0.4) is 0 Å². The molecule has 0 spiro atoms. The van der Waals surface area contributed by atoms with E-state index in [4.69, 9.17) is 5.73 Å². The zero-order chi connectivity index (χ0) is 15.4. The Hall–Kier alpha value is -1.63. The van der Waals surface area contributed by atoms with Crippen LogP contribution in [0.1, 0.15) is 19.4 Å². The Balaban J connectivity index is 2.97. The highest BCUT2D eigenvalue weighted by Crippen LogP contribution is 2.25. The van der Waals surface area contributed by atoms with Crippen LogP contribution in [-0.4, -0.2) is 46.6 Å². The first-order chi connectivity index (χ1) is 9.31. The molecule has 0 fully saturated rings. The Morgan fingerprint density at radius 3 is 1.95 bits per heavy atom. The van der Waals surface area contributed by atoms with Gasteiger partial charge in [0.25, 0.3) is 0 Å². The molecule has 6 nitrogen and oxygen atoms in total. The molecular weight excluding hydrogens is 260 g/mol. The van der Waals surface area contributed by atoms with Crippen molar-refractivity contribution in [3.63, 3.8) is 0 Å². The van der Waals surface area contributed by atoms with E-state index in [1.165, 1.54) is 0 Å². The summed E-state index contributed by atoms with van der Waals surface area (Å²) in [6.07, 6.45) is 0. The van der Waals surface area contributed by atoms with Crippen LogP contribution >= 0.6 is 0 Å². The number of hydrogen-bond donors (Lipinski definition) is 5. The number of hydrogen-bond acceptors (Lipinski definition) is 5. The fraction of sp³-hybridized carbons (Fsp3) is 0.500. The standard InChI is InChI=1S/C14H22N2O4/c1-13(2,10-3-5-11(15)6-4-10)12(20)16-14(7-17,8-18)9-19/h3-6,17-19H,7-9,15H2,1-2H3,(H,16,20). The normalized spacial score (nSPS) is 12.2. The van der Waals surface area contributed by atoms with Crippen LogP contribution in [-0.2, 0) is 10.2 Å². The molecule has 0 aromatic heterocycles. The van der Waals surface area contributed by atoms with Gasteiger partial charge in [-0.1, -0.05) is 12.1 Å². The first-order valence-corrected chi connectivity index (χ1v) is 6.32. The minimum absolute atomic E-state index is 0.403. The maximum atomic E-state index is 12.4. The molecule has 0 bridgehead atoms. The number of benzene rings is 1. The molecule has 0 aliphatic heterocycles. The predicted octanol–water partition coefficient (Wildman–Crippen LogP) is -0.622. The molecule has 20 heavy (non-hydrogen) atoms. The number of nitrogen functional groups attached to an aromatic ring is 1. The molecule has 0 radical (unpaired) electrons. The van der Waals surface area contributed by atoms with E-state index < -0.39 is 36.7 Å². The summed E-state index contributed by atoms with van der Waals surface area (Å²) in [6.45, 7) is 1.77. The van der Waals surface area contributed by atoms with Crippen molar-refractivity contribution in [2.75, 3.05) is 25.6 Å². The molecule has 0 atom stereocenters. The quantitative estimate of drug-likeness (QED) is 0.446. The largest absolute Gasteiger partial charge is 0.399 e. The number of rotatable bonds is 6. The minimum Gasteiger partial charge on any atom is -0.399 e. The lowest BCUT2D eigenvalue weighted by Crippen LogP contribution is -2.60. The van der Waals surface area contributed by atoms with Crippen LogP contribution in [0.25, 0.3) is 0 Å². The van der Waals surface area contributed by atoms with Gasteiger partial charge in [0, 0.05) is 5.69 Å². The average Bonchev–Trinajstić information content (AvgIpc) is 2.45. The van der Waals surface area contributed by atoms with E-state index in [2.05, 4.69) is 5.32 Å². The fourth-order valence-electron chi connectivity index (χ4n) is 1.70. The van der Waals surface area contributed by atoms with Crippen LogP contribution in [0, 0.1) is 0 Å². The molecule has 0 saturated heterocycles. The SMILES string of the molecule is CC(C)(C(=O)NC(CO)(CO)CO)c1ccc(N)cc1. The zero-order valence-corrected chi connectivity index (χ0v) is 11.8. The number of nitrogens with two attached hydrogens (primary N) is 1. The Kier molecular flexibility index (Phi) is 5.10. The Labute approximate surface area is 118 Å². The van der Waals surface area contributed by atoms with Gasteiger partial charge < -0.3 is 26.4 Å². The highest BCUT2D eigenvalue weighted by Gasteiger charge is 2.37. The number of carbonyl (C=O) groups excluding carboxylic acids is 1. The maximum absolute atomic E-state index is 12.4. The zero-order valence-electron chi connectivity index (χ0n) is 11.8. The van der Waals surface area contributed by atoms with Crippen molar-refractivity contribution in [3.8, 4) is 0 Å². The number of aliphatic hydroxyl groups excluding tert-OH is 3. The van der Waals surface area contributed by atoms with Gasteiger partial charge in [-0.25, -0.2) is 0 Å². The molecule has 1 amide bonds. The van der Waals surface area contributed by atoms with Gasteiger partial charge >= 0.3 is 0 Å². The van der Waals surface area contributed by atoms with Gasteiger partial charge in [0.1, 0.15) is 5.54 Å². The van der Waals surface area contributed by atoms with E-state index in [0.29, 0.717) is 5.69 Å². The van der Waals surface area contributed by atoms with Crippen LogP contribution in [0.5, 0.6) is 0 Å². The molecule has 0 aliphatic rings. The van der Waals surface area contributed by atoms with Crippen molar-refractivity contribution >= 4 is 11.6 Å². The summed E-state index contributed by atoms with van der Waals surface area (Å²) in [5, 5.41) is 30.3. The van der Waals surface area contributed by atoms with Gasteiger partial charge in [-0.05, 0) is 31.5 Å². The third-order valence-electron chi connectivity index (χ3n) is 3.49. The molecule has 0 saturated carbocycles. The van der Waals surface area contributed by atoms with Crippen LogP contribution in [0.15, 0.2) is 24.3 Å². The summed E-state index contributed by atoms with van der Waals surface area (Å²) >= 11 is 0. The molecule has 6 N–H and O–H groups in total. The van der Waals surface area contributed by atoms with Gasteiger partial charge in [0.2, 0.25) is 5.91 Å². The first kappa shape index (κ1) is 16.4. The number of amides is 1. The molecule has 0 unspecified atom stereocenters. The number of carbonyl (C=O) groups is 1. The Morgan fingerprint density at radius 1 is 1.10 bits per heavy atom. The van der Waals surface area contributed by atoms with E-state index in [9.17, 15) is 20.1 Å². The van der Waals surface area contributed by atoms with E-state index in [1.54, 1.807) is 38.1 Å². The molecule has 0 heterocycles. The van der Waals surface area contributed by atoms with Crippen molar-refractivity contribution in [1.29, 1.82) is 0 Å². The van der Waals surface area contributed by atoms with E-state index in [1.807, 2.05) is 0 Å². The van der Waals surface area contributed by atoms with Crippen molar-refractivity contribution in [1.82, 2.24) is 5.32 Å². The molecule has 1 aromatic rings. The molecule has 112 valence electrons. The molecule has 1 rings (SSSR count). The third-order valence-corrected chi connectivity index (χ3v) is 3.49. The topological polar surface area (TPSA) is 116 Å². The van der Waals surface area contributed by atoms with Crippen molar-refractivity contribution in [2.45, 2.75) is 24.8 Å². The van der Waals surface area contributed by atoms with Crippen LogP contribution < -0.4 is 11.1 Å². The summed E-state index contributed by atoms with van der Waals surface area (Å²) < 4.78 is 0. The van der Waals surface area contributed by atoms with E-state index in [-0.39, 0.29) is 0 Å². The average molecular weight is 282 g/mol. The van der Waals surface area contributed by atoms with Crippen LogP contribution in [0.4, 0.5) is 5.69 Å². The number of anilines is 1. The minimum atomic E-state index is -1.43. The second-order valence-corrected chi connectivity index (χ2v) is 5.46.